The average molecular weight is 392 g/mol. The van der Waals surface area contributed by atoms with Crippen LogP contribution in [0.1, 0.15) is 15.9 Å². The number of halogens is 1. The van der Waals surface area contributed by atoms with Crippen molar-refractivity contribution in [3.63, 3.8) is 0 Å². The summed E-state index contributed by atoms with van der Waals surface area (Å²) in [5.41, 5.74) is 2.52. The van der Waals surface area contributed by atoms with Crippen LogP contribution in [0, 0.1) is 11.3 Å². The topological polar surface area (TPSA) is 74.1 Å². The van der Waals surface area contributed by atoms with Crippen molar-refractivity contribution in [3.05, 3.63) is 88.9 Å². The number of ether oxygens (including phenoxy) is 1. The van der Waals surface area contributed by atoms with Crippen molar-refractivity contribution in [2.24, 2.45) is 0 Å². The first-order chi connectivity index (χ1) is 13.7. The lowest BCUT2D eigenvalue weighted by molar-refractivity contribution is 0.102. The summed E-state index contributed by atoms with van der Waals surface area (Å²) in [7, 11) is 0. The Morgan fingerprint density at radius 3 is 2.43 bits per heavy atom. The molecule has 0 spiro atoms. The molecule has 0 aliphatic rings. The van der Waals surface area contributed by atoms with Gasteiger partial charge in [-0.15, -0.1) is 0 Å². The molecule has 0 bridgehead atoms. The fraction of sp³-hybridized carbons (Fsp3) is 0.0909. The van der Waals surface area contributed by atoms with Crippen LogP contribution in [0.25, 0.3) is 0 Å². The molecule has 140 valence electrons. The second-order valence-corrected chi connectivity index (χ2v) is 6.35. The van der Waals surface area contributed by atoms with E-state index in [1.807, 2.05) is 18.2 Å². The minimum Gasteiger partial charge on any atom is -0.492 e. The van der Waals surface area contributed by atoms with Gasteiger partial charge in [-0.25, -0.2) is 0 Å². The van der Waals surface area contributed by atoms with Gasteiger partial charge >= 0.3 is 0 Å². The van der Waals surface area contributed by atoms with E-state index in [0.717, 1.165) is 5.69 Å². The Bertz CT molecular complexity index is 980. The molecule has 5 nitrogen and oxygen atoms in total. The summed E-state index contributed by atoms with van der Waals surface area (Å²) in [5, 5.41) is 15.5. The molecule has 0 atom stereocenters. The number of nitrogens with one attached hydrogen (secondary N) is 2. The van der Waals surface area contributed by atoms with Crippen LogP contribution < -0.4 is 15.4 Å². The molecule has 0 aliphatic carbocycles. The second-order valence-electron chi connectivity index (χ2n) is 5.92. The normalized spacial score (nSPS) is 10.0. The number of hydrogen-bond acceptors (Lipinski definition) is 4. The van der Waals surface area contributed by atoms with Gasteiger partial charge in [0, 0.05) is 22.9 Å². The number of rotatable bonds is 7. The molecule has 6 heteroatoms. The Kier molecular flexibility index (Phi) is 6.50. The summed E-state index contributed by atoms with van der Waals surface area (Å²) in [6, 6.07) is 23.2. The summed E-state index contributed by atoms with van der Waals surface area (Å²) in [6.07, 6.45) is 0. The van der Waals surface area contributed by atoms with Gasteiger partial charge in [0.25, 0.3) is 5.91 Å². The first-order valence-electron chi connectivity index (χ1n) is 8.68. The third-order valence-electron chi connectivity index (χ3n) is 3.94. The average Bonchev–Trinajstić information content (AvgIpc) is 2.73. The number of para-hydroxylation sites is 1. The molecule has 0 fully saturated rings. The number of amides is 1. The van der Waals surface area contributed by atoms with Crippen molar-refractivity contribution in [2.75, 3.05) is 23.8 Å². The molecule has 0 aliphatic heterocycles. The fourth-order valence-electron chi connectivity index (χ4n) is 2.55. The Hall–Kier alpha value is -3.49. The molecule has 3 aromatic rings. The molecular formula is C22H18ClN3O2. The zero-order valence-electron chi connectivity index (χ0n) is 15.0. The van der Waals surface area contributed by atoms with Crippen molar-refractivity contribution in [1.82, 2.24) is 0 Å². The quantitative estimate of drug-likeness (QED) is 0.558. The highest BCUT2D eigenvalue weighted by Crippen LogP contribution is 2.19. The third-order valence-corrected chi connectivity index (χ3v) is 4.20. The van der Waals surface area contributed by atoms with Crippen LogP contribution in [-0.2, 0) is 0 Å². The zero-order chi connectivity index (χ0) is 19.8. The van der Waals surface area contributed by atoms with Crippen LogP contribution >= 0.6 is 11.6 Å². The van der Waals surface area contributed by atoms with Crippen LogP contribution in [0.15, 0.2) is 72.8 Å². The van der Waals surface area contributed by atoms with Crippen LogP contribution in [0.3, 0.4) is 0 Å². The van der Waals surface area contributed by atoms with Gasteiger partial charge in [0.15, 0.2) is 0 Å². The lowest BCUT2D eigenvalue weighted by atomic mass is 10.1. The van der Waals surface area contributed by atoms with Gasteiger partial charge in [-0.05, 0) is 60.7 Å². The zero-order valence-corrected chi connectivity index (χ0v) is 15.7. The molecular weight excluding hydrogens is 374 g/mol. The van der Waals surface area contributed by atoms with E-state index in [-0.39, 0.29) is 5.91 Å². The van der Waals surface area contributed by atoms with Crippen LogP contribution in [0.4, 0.5) is 11.4 Å². The molecule has 2 N–H and O–H groups in total. The number of carbonyl (C=O) groups is 1. The number of anilines is 2. The molecule has 0 saturated carbocycles. The van der Waals surface area contributed by atoms with Crippen molar-refractivity contribution in [3.8, 4) is 11.8 Å². The molecule has 0 heterocycles. The van der Waals surface area contributed by atoms with E-state index in [1.165, 1.54) is 0 Å². The van der Waals surface area contributed by atoms with Crippen molar-refractivity contribution in [2.45, 2.75) is 0 Å². The Labute approximate surface area is 168 Å². The van der Waals surface area contributed by atoms with Gasteiger partial charge in [0.2, 0.25) is 0 Å². The van der Waals surface area contributed by atoms with E-state index in [2.05, 4.69) is 16.7 Å². The van der Waals surface area contributed by atoms with Gasteiger partial charge in [0.1, 0.15) is 12.4 Å². The van der Waals surface area contributed by atoms with Crippen LogP contribution in [0.2, 0.25) is 5.02 Å². The molecule has 0 unspecified atom stereocenters. The summed E-state index contributed by atoms with van der Waals surface area (Å²) in [5.74, 6) is 0.480. The van der Waals surface area contributed by atoms with Gasteiger partial charge in [0.05, 0.1) is 17.2 Å². The van der Waals surface area contributed by atoms with E-state index in [0.29, 0.717) is 40.7 Å². The molecule has 28 heavy (non-hydrogen) atoms. The number of nitriles is 1. The van der Waals surface area contributed by atoms with Gasteiger partial charge < -0.3 is 15.4 Å². The minimum atomic E-state index is -0.210. The predicted molar refractivity (Wildman–Crippen MR) is 111 cm³/mol. The first kappa shape index (κ1) is 19.3. The highest BCUT2D eigenvalue weighted by atomic mass is 35.5. The smallest absolute Gasteiger partial charge is 0.257 e. The van der Waals surface area contributed by atoms with Gasteiger partial charge in [-0.3, -0.25) is 4.79 Å². The predicted octanol–water partition coefficient (Wildman–Crippen LogP) is 4.95. The highest BCUT2D eigenvalue weighted by Gasteiger charge is 2.11. The molecule has 3 aromatic carbocycles. The van der Waals surface area contributed by atoms with E-state index in [9.17, 15) is 4.79 Å². The van der Waals surface area contributed by atoms with E-state index >= 15 is 0 Å². The lowest BCUT2D eigenvalue weighted by Gasteiger charge is -2.13. The Morgan fingerprint density at radius 1 is 1.00 bits per heavy atom. The number of carbonyl (C=O) groups excluding carboxylic acids is 1. The van der Waals surface area contributed by atoms with Gasteiger partial charge in [-0.1, -0.05) is 23.7 Å². The monoisotopic (exact) mass is 391 g/mol. The number of benzene rings is 3. The second kappa shape index (κ2) is 9.45. The Balaban J connectivity index is 1.56. The molecule has 0 saturated heterocycles. The van der Waals surface area contributed by atoms with E-state index in [1.54, 1.807) is 54.6 Å². The summed E-state index contributed by atoms with van der Waals surface area (Å²) >= 11 is 5.87. The van der Waals surface area contributed by atoms with Gasteiger partial charge in [-0.2, -0.15) is 5.26 Å². The fourth-order valence-corrected chi connectivity index (χ4v) is 2.67. The van der Waals surface area contributed by atoms with Crippen molar-refractivity contribution >= 4 is 28.9 Å². The summed E-state index contributed by atoms with van der Waals surface area (Å²) in [6.45, 7) is 0.935. The first-order valence-corrected chi connectivity index (χ1v) is 9.06. The minimum absolute atomic E-state index is 0.210. The van der Waals surface area contributed by atoms with E-state index in [4.69, 9.17) is 21.6 Å². The van der Waals surface area contributed by atoms with Crippen molar-refractivity contribution < 1.29 is 9.53 Å². The largest absolute Gasteiger partial charge is 0.492 e. The van der Waals surface area contributed by atoms with Crippen LogP contribution in [0.5, 0.6) is 5.75 Å². The molecule has 0 radical (unpaired) electrons. The maximum absolute atomic E-state index is 12.6. The Morgan fingerprint density at radius 2 is 1.71 bits per heavy atom. The summed E-state index contributed by atoms with van der Waals surface area (Å²) < 4.78 is 5.65. The number of nitrogens with zero attached hydrogens (tertiary/aromatic N) is 1. The number of hydrogen-bond donors (Lipinski definition) is 2. The van der Waals surface area contributed by atoms with E-state index < -0.39 is 0 Å². The van der Waals surface area contributed by atoms with Crippen LogP contribution in [-0.4, -0.2) is 19.1 Å². The molecule has 0 aromatic heterocycles. The molecule has 1 amide bonds. The highest BCUT2D eigenvalue weighted by molar-refractivity contribution is 6.30. The van der Waals surface area contributed by atoms with Crippen molar-refractivity contribution in [1.29, 1.82) is 5.26 Å². The third kappa shape index (κ3) is 5.26. The SMILES string of the molecule is N#Cc1ccc(OCCNc2ccccc2C(=O)Nc2ccc(Cl)cc2)cc1. The lowest BCUT2D eigenvalue weighted by Crippen LogP contribution is -2.17. The standard InChI is InChI=1S/C22H18ClN3O2/c23-17-7-9-18(10-8-17)26-22(27)20-3-1-2-4-21(20)25-13-14-28-19-11-5-16(15-24)6-12-19/h1-12,25H,13-14H2,(H,26,27). The maximum atomic E-state index is 12.6. The summed E-state index contributed by atoms with van der Waals surface area (Å²) in [4.78, 5) is 12.6. The maximum Gasteiger partial charge on any atom is 0.257 e. The molecule has 3 rings (SSSR count).